The lowest BCUT2D eigenvalue weighted by Crippen LogP contribution is -2.52. The Hall–Kier alpha value is -4.43. The number of imidazole rings is 1. The van der Waals surface area contributed by atoms with Gasteiger partial charge >= 0.3 is 7.82 Å². The van der Waals surface area contributed by atoms with Crippen molar-refractivity contribution in [1.82, 2.24) is 19.5 Å². The highest BCUT2D eigenvalue weighted by Crippen LogP contribution is 2.62. The number of benzene rings is 3. The van der Waals surface area contributed by atoms with Gasteiger partial charge in [0, 0.05) is 0 Å². The fourth-order valence-corrected chi connectivity index (χ4v) is 8.31. The molecule has 0 bridgehead atoms. The van der Waals surface area contributed by atoms with Gasteiger partial charge in [0.2, 0.25) is 11.8 Å². The Morgan fingerprint density at radius 3 is 2.25 bits per heavy atom. The van der Waals surface area contributed by atoms with E-state index in [1.165, 1.54) is 17.8 Å². The van der Waals surface area contributed by atoms with Gasteiger partial charge in [0.05, 0.1) is 26.1 Å². The first-order chi connectivity index (χ1) is 24.4. The molecule has 5 aromatic rings. The van der Waals surface area contributed by atoms with Crippen LogP contribution in [0.1, 0.15) is 50.6 Å². The van der Waals surface area contributed by atoms with E-state index in [-0.39, 0.29) is 29.6 Å². The highest BCUT2D eigenvalue weighted by atomic mass is 31.2. The topological polar surface area (TPSA) is 148 Å². The van der Waals surface area contributed by atoms with Crippen molar-refractivity contribution in [2.24, 2.45) is 0 Å². The summed E-state index contributed by atoms with van der Waals surface area (Å²) >= 11 is 0. The number of rotatable bonds is 11. The van der Waals surface area contributed by atoms with Gasteiger partial charge in [0.15, 0.2) is 23.5 Å². The van der Waals surface area contributed by atoms with E-state index in [0.29, 0.717) is 5.75 Å². The van der Waals surface area contributed by atoms with Crippen LogP contribution >= 0.6 is 7.82 Å². The van der Waals surface area contributed by atoms with Crippen molar-refractivity contribution in [2.45, 2.75) is 63.1 Å². The van der Waals surface area contributed by atoms with Crippen LogP contribution in [-0.4, -0.2) is 68.6 Å². The molecule has 15 heteroatoms. The molecule has 268 valence electrons. The van der Waals surface area contributed by atoms with Crippen LogP contribution in [-0.2, 0) is 28.4 Å². The lowest BCUT2D eigenvalue weighted by molar-refractivity contribution is -0.220. The Balaban J connectivity index is 1.38. The monoisotopic (exact) mass is 719 g/mol. The summed E-state index contributed by atoms with van der Waals surface area (Å²) in [6, 6.07) is 27.4. The number of alkyl halides is 1. The summed E-state index contributed by atoms with van der Waals surface area (Å²) < 4.78 is 64.4. The lowest BCUT2D eigenvalue weighted by Gasteiger charge is -2.37. The zero-order valence-corrected chi connectivity index (χ0v) is 29.6. The van der Waals surface area contributed by atoms with Gasteiger partial charge in [-0.1, -0.05) is 72.8 Å². The van der Waals surface area contributed by atoms with E-state index >= 15 is 4.39 Å². The molecule has 2 saturated heterocycles. The number of hydrogen-bond acceptors (Lipinski definition) is 12. The van der Waals surface area contributed by atoms with Crippen LogP contribution < -0.4 is 14.8 Å². The average molecular weight is 720 g/mol. The zero-order chi connectivity index (χ0) is 36.0. The summed E-state index contributed by atoms with van der Waals surface area (Å²) in [5.41, 5.74) is -0.132. The van der Waals surface area contributed by atoms with Gasteiger partial charge in [-0.3, -0.25) is 18.1 Å². The quantitative estimate of drug-likeness (QED) is 0.113. The normalized spacial score (nSPS) is 26.3. The minimum Gasteiger partial charge on any atom is -0.497 e. The number of hydrogen-bond donors (Lipinski definition) is 2. The van der Waals surface area contributed by atoms with Crippen LogP contribution in [0.5, 0.6) is 11.6 Å². The second kappa shape index (κ2) is 13.3. The van der Waals surface area contributed by atoms with Crippen molar-refractivity contribution in [2.75, 3.05) is 25.6 Å². The molecule has 2 aliphatic heterocycles. The third kappa shape index (κ3) is 6.15. The minimum absolute atomic E-state index is 0.135. The number of ether oxygens (including phenoxy) is 3. The van der Waals surface area contributed by atoms with Gasteiger partial charge < -0.3 is 24.6 Å². The molecule has 0 amide bonds. The highest BCUT2D eigenvalue weighted by molar-refractivity contribution is 7.48. The summed E-state index contributed by atoms with van der Waals surface area (Å²) in [5, 5.41) is 15.5. The number of phosphoric ester groups is 1. The maximum atomic E-state index is 16.4. The first-order valence-electron chi connectivity index (χ1n) is 16.5. The standard InChI is InChI=1S/C36H39FN5O8P/c1-6-46-30-28-29(42(22-38-28)32-34(4,43)31-35(37,48-32)21-47-51(44,50-31)49-23(2)3)39-33(40-30)41-36(24-13-9-7-10-14-24,25-15-11-8-12-16-25)26-17-19-27(45-5)20-18-26/h7-20,22-23,31-32,43H,6,21H2,1-5H3,(H,39,40,41)/t31-,32+,34+,35+,51-/m0/s1. The average Bonchev–Trinajstić information content (AvgIpc) is 3.63. The fraction of sp³-hybridized carbons (Fsp3) is 0.361. The number of anilines is 1. The molecule has 2 N–H and O–H groups in total. The van der Waals surface area contributed by atoms with E-state index in [1.54, 1.807) is 21.0 Å². The molecule has 3 aromatic carbocycles. The van der Waals surface area contributed by atoms with E-state index in [2.05, 4.69) is 10.3 Å². The Kier molecular flexibility index (Phi) is 9.11. The Bertz CT molecular complexity index is 2010. The van der Waals surface area contributed by atoms with Crippen molar-refractivity contribution >= 4 is 24.9 Å². The maximum Gasteiger partial charge on any atom is 0.475 e. The number of nitrogens with zero attached hydrogens (tertiary/aromatic N) is 4. The van der Waals surface area contributed by atoms with Crippen molar-refractivity contribution in [3.63, 3.8) is 0 Å². The Labute approximate surface area is 294 Å². The molecule has 0 unspecified atom stereocenters. The molecule has 13 nitrogen and oxygen atoms in total. The fourth-order valence-electron chi connectivity index (χ4n) is 6.66. The van der Waals surface area contributed by atoms with Crippen molar-refractivity contribution in [1.29, 1.82) is 0 Å². The van der Waals surface area contributed by atoms with Crippen LogP contribution in [0.4, 0.5) is 10.3 Å². The predicted octanol–water partition coefficient (Wildman–Crippen LogP) is 6.53. The van der Waals surface area contributed by atoms with Crippen LogP contribution in [0, 0.1) is 0 Å². The van der Waals surface area contributed by atoms with Crippen LogP contribution in [0.2, 0.25) is 0 Å². The first-order valence-corrected chi connectivity index (χ1v) is 18.0. The highest BCUT2D eigenvalue weighted by Gasteiger charge is 2.69. The van der Waals surface area contributed by atoms with Crippen LogP contribution in [0.15, 0.2) is 91.3 Å². The molecule has 51 heavy (non-hydrogen) atoms. The largest absolute Gasteiger partial charge is 0.497 e. The number of phosphoric acid groups is 1. The molecule has 4 heterocycles. The van der Waals surface area contributed by atoms with E-state index in [1.807, 2.05) is 91.9 Å². The molecule has 2 aromatic heterocycles. The van der Waals surface area contributed by atoms with Crippen molar-refractivity contribution in [3.8, 4) is 11.6 Å². The second-order valence-electron chi connectivity index (χ2n) is 12.8. The predicted molar refractivity (Wildman–Crippen MR) is 185 cm³/mol. The number of methoxy groups -OCH3 is 1. The molecular formula is C36H39FN5O8P. The molecule has 2 aliphatic rings. The summed E-state index contributed by atoms with van der Waals surface area (Å²) in [6.45, 7) is 5.85. The van der Waals surface area contributed by atoms with Gasteiger partial charge in [-0.2, -0.15) is 9.97 Å². The smallest absolute Gasteiger partial charge is 0.475 e. The molecule has 0 saturated carbocycles. The van der Waals surface area contributed by atoms with Gasteiger partial charge in [0.25, 0.3) is 5.85 Å². The molecule has 7 rings (SSSR count). The number of aliphatic hydroxyl groups is 1. The molecule has 5 atom stereocenters. The summed E-state index contributed by atoms with van der Waals surface area (Å²) in [4.78, 5) is 14.2. The van der Waals surface area contributed by atoms with Crippen molar-refractivity contribution in [3.05, 3.63) is 108 Å². The van der Waals surface area contributed by atoms with Gasteiger partial charge in [-0.15, -0.1) is 0 Å². The SMILES string of the molecule is CCOc1nc(NC(c2ccccc2)(c2ccccc2)c2ccc(OC)cc2)nc2c1ncn2[C@@H]1O[C@]2(F)CO[P@@](=O)(OC(C)C)O[C@H]2[C@@]1(C)O. The summed E-state index contributed by atoms with van der Waals surface area (Å²) in [7, 11) is -2.61. The van der Waals surface area contributed by atoms with Gasteiger partial charge in [-0.25, -0.2) is 13.9 Å². The molecule has 2 fully saturated rings. The number of fused-ring (bicyclic) bond motifs is 2. The third-order valence-electron chi connectivity index (χ3n) is 8.88. The number of nitrogens with one attached hydrogen (secondary N) is 1. The van der Waals surface area contributed by atoms with E-state index in [0.717, 1.165) is 16.7 Å². The molecule has 0 aliphatic carbocycles. The summed E-state index contributed by atoms with van der Waals surface area (Å²) in [5.74, 6) is -1.71. The van der Waals surface area contributed by atoms with Crippen LogP contribution in [0.3, 0.4) is 0 Å². The van der Waals surface area contributed by atoms with E-state index in [4.69, 9.17) is 37.7 Å². The number of halogens is 1. The van der Waals surface area contributed by atoms with E-state index < -0.39 is 49.9 Å². The maximum absolute atomic E-state index is 16.4. The zero-order valence-electron chi connectivity index (χ0n) is 28.7. The molecule has 0 radical (unpaired) electrons. The van der Waals surface area contributed by atoms with Gasteiger partial charge in [-0.05, 0) is 56.5 Å². The minimum atomic E-state index is -4.22. The third-order valence-corrected chi connectivity index (χ3v) is 10.5. The Morgan fingerprint density at radius 1 is 1.04 bits per heavy atom. The van der Waals surface area contributed by atoms with E-state index in [9.17, 15) is 9.67 Å². The van der Waals surface area contributed by atoms with Gasteiger partial charge in [0.1, 0.15) is 23.5 Å². The lowest BCUT2D eigenvalue weighted by atomic mass is 9.77. The number of aromatic nitrogens is 4. The Morgan fingerprint density at radius 2 is 1.67 bits per heavy atom. The molecular weight excluding hydrogens is 680 g/mol. The summed E-state index contributed by atoms with van der Waals surface area (Å²) in [6.07, 6.45) is -2.41. The van der Waals surface area contributed by atoms with Crippen molar-refractivity contribution < 1.29 is 41.8 Å². The molecule has 0 spiro atoms. The first kappa shape index (κ1) is 35.0. The van der Waals surface area contributed by atoms with Crippen LogP contribution in [0.25, 0.3) is 11.2 Å². The second-order valence-corrected chi connectivity index (χ2v) is 14.4.